The molecule has 0 atom stereocenters. The zero-order valence-corrected chi connectivity index (χ0v) is 13.2. The van der Waals surface area contributed by atoms with Crippen molar-refractivity contribution >= 4 is 15.9 Å². The first-order chi connectivity index (χ1) is 8.60. The highest BCUT2D eigenvalue weighted by Gasteiger charge is 2.14. The van der Waals surface area contributed by atoms with Gasteiger partial charge in [-0.2, -0.15) is 5.10 Å². The monoisotopic (exact) mass is 319 g/mol. The van der Waals surface area contributed by atoms with E-state index >= 15 is 0 Å². The summed E-state index contributed by atoms with van der Waals surface area (Å²) in [5.74, 6) is 0. The summed E-state index contributed by atoms with van der Waals surface area (Å²) in [6, 6.07) is 0. The minimum absolute atomic E-state index is 0.720. The Morgan fingerprint density at radius 3 is 2.17 bits per heavy atom. The van der Waals surface area contributed by atoms with E-state index in [2.05, 4.69) is 25.9 Å². The van der Waals surface area contributed by atoms with E-state index in [-0.39, 0.29) is 0 Å². The van der Waals surface area contributed by atoms with E-state index in [1.165, 1.54) is 5.69 Å². The molecule has 0 N–H and O–H groups in total. The normalized spacial score (nSPS) is 11.4. The molecule has 0 aromatic carbocycles. The Morgan fingerprint density at radius 2 is 1.78 bits per heavy atom. The van der Waals surface area contributed by atoms with Gasteiger partial charge in [-0.15, -0.1) is 0 Å². The van der Waals surface area contributed by atoms with Gasteiger partial charge in [-0.1, -0.05) is 0 Å². The molecule has 0 aliphatic rings. The van der Waals surface area contributed by atoms with E-state index < -0.39 is 0 Å². The Hall–Kier alpha value is -0.430. The molecule has 0 unspecified atom stereocenters. The van der Waals surface area contributed by atoms with Crippen molar-refractivity contribution in [3.63, 3.8) is 0 Å². The van der Waals surface area contributed by atoms with E-state index in [4.69, 9.17) is 9.47 Å². The van der Waals surface area contributed by atoms with Crippen molar-refractivity contribution in [1.82, 2.24) is 14.7 Å². The average Bonchev–Trinajstić information content (AvgIpc) is 2.58. The lowest BCUT2D eigenvalue weighted by Crippen LogP contribution is -2.31. The molecule has 104 valence electrons. The van der Waals surface area contributed by atoms with Gasteiger partial charge in [0.25, 0.3) is 0 Å². The molecule has 0 amide bonds. The Morgan fingerprint density at radius 1 is 1.22 bits per heavy atom. The number of methoxy groups -OCH3 is 2. The van der Waals surface area contributed by atoms with Gasteiger partial charge in [-0.3, -0.25) is 9.58 Å². The smallest absolute Gasteiger partial charge is 0.0739 e. The molecule has 0 fully saturated rings. The van der Waals surface area contributed by atoms with Crippen molar-refractivity contribution < 1.29 is 9.47 Å². The van der Waals surface area contributed by atoms with Gasteiger partial charge in [-0.05, 0) is 22.9 Å². The third-order valence-electron chi connectivity index (χ3n) is 2.86. The maximum Gasteiger partial charge on any atom is 0.0739 e. The molecule has 0 aliphatic heterocycles. The highest BCUT2D eigenvalue weighted by Crippen LogP contribution is 2.21. The summed E-state index contributed by atoms with van der Waals surface area (Å²) in [7, 11) is 5.41. The molecule has 1 heterocycles. The zero-order valence-electron chi connectivity index (χ0n) is 11.6. The fourth-order valence-electron chi connectivity index (χ4n) is 1.77. The Kier molecular flexibility index (Phi) is 6.85. The van der Waals surface area contributed by atoms with Gasteiger partial charge < -0.3 is 9.47 Å². The van der Waals surface area contributed by atoms with Crippen molar-refractivity contribution in [2.24, 2.45) is 7.05 Å². The van der Waals surface area contributed by atoms with Crippen molar-refractivity contribution in [3.05, 3.63) is 15.9 Å². The summed E-state index contributed by atoms with van der Waals surface area (Å²) in [5, 5.41) is 4.40. The van der Waals surface area contributed by atoms with Crippen molar-refractivity contribution in [2.45, 2.75) is 13.5 Å². The van der Waals surface area contributed by atoms with Crippen LogP contribution in [0.2, 0.25) is 0 Å². The van der Waals surface area contributed by atoms with Crippen LogP contribution in [0.5, 0.6) is 0 Å². The van der Waals surface area contributed by atoms with Crippen LogP contribution in [-0.2, 0) is 23.1 Å². The van der Waals surface area contributed by atoms with Crippen LogP contribution in [0, 0.1) is 6.92 Å². The lowest BCUT2D eigenvalue weighted by atomic mass is 10.3. The third kappa shape index (κ3) is 4.35. The van der Waals surface area contributed by atoms with E-state index in [0.29, 0.717) is 0 Å². The number of hydrogen-bond acceptors (Lipinski definition) is 4. The van der Waals surface area contributed by atoms with Crippen LogP contribution in [-0.4, -0.2) is 55.2 Å². The highest BCUT2D eigenvalue weighted by atomic mass is 79.9. The molecule has 0 aliphatic carbocycles. The summed E-state index contributed by atoms with van der Waals surface area (Å²) in [5.41, 5.74) is 2.20. The van der Waals surface area contributed by atoms with Crippen LogP contribution >= 0.6 is 15.9 Å². The van der Waals surface area contributed by atoms with Gasteiger partial charge in [0.05, 0.1) is 29.1 Å². The topological polar surface area (TPSA) is 39.5 Å². The van der Waals surface area contributed by atoms with E-state index in [9.17, 15) is 0 Å². The number of hydrogen-bond donors (Lipinski definition) is 0. The second-order valence-corrected chi connectivity index (χ2v) is 5.02. The summed E-state index contributed by atoms with van der Waals surface area (Å²) in [6.07, 6.45) is 0. The molecule has 0 saturated heterocycles. The predicted octanol–water partition coefficient (Wildman–Crippen LogP) is 1.59. The van der Waals surface area contributed by atoms with Gasteiger partial charge in [0.15, 0.2) is 0 Å². The molecular weight excluding hydrogens is 298 g/mol. The summed E-state index contributed by atoms with van der Waals surface area (Å²) in [4.78, 5) is 2.30. The van der Waals surface area contributed by atoms with Crippen LogP contribution in [0.25, 0.3) is 0 Å². The third-order valence-corrected chi connectivity index (χ3v) is 3.89. The Balaban J connectivity index is 2.68. The SMILES string of the molecule is COCCN(CCOC)Cc1c(Br)c(C)nn1C. The molecule has 1 aromatic heterocycles. The van der Waals surface area contributed by atoms with Gasteiger partial charge in [-0.25, -0.2) is 0 Å². The first-order valence-electron chi connectivity index (χ1n) is 5.98. The lowest BCUT2D eigenvalue weighted by Gasteiger charge is -2.21. The molecule has 0 bridgehead atoms. The van der Waals surface area contributed by atoms with Gasteiger partial charge >= 0.3 is 0 Å². The molecule has 0 saturated carbocycles. The fraction of sp³-hybridized carbons (Fsp3) is 0.750. The maximum absolute atomic E-state index is 5.14. The van der Waals surface area contributed by atoms with E-state index in [1.807, 2.05) is 18.7 Å². The summed E-state index contributed by atoms with van der Waals surface area (Å²) in [6.45, 7) is 6.05. The first kappa shape index (κ1) is 15.6. The van der Waals surface area contributed by atoms with Crippen LogP contribution in [0.15, 0.2) is 4.47 Å². The van der Waals surface area contributed by atoms with Gasteiger partial charge in [0, 0.05) is 40.9 Å². The molecule has 1 rings (SSSR count). The van der Waals surface area contributed by atoms with E-state index in [0.717, 1.165) is 43.0 Å². The lowest BCUT2D eigenvalue weighted by molar-refractivity contribution is 0.108. The number of ether oxygens (including phenoxy) is 2. The second-order valence-electron chi connectivity index (χ2n) is 4.23. The maximum atomic E-state index is 5.14. The van der Waals surface area contributed by atoms with Crippen LogP contribution in [0.3, 0.4) is 0 Å². The average molecular weight is 320 g/mol. The van der Waals surface area contributed by atoms with Crippen molar-refractivity contribution in [2.75, 3.05) is 40.5 Å². The molecule has 0 spiro atoms. The Labute approximate surface area is 117 Å². The van der Waals surface area contributed by atoms with Crippen LogP contribution in [0.4, 0.5) is 0 Å². The standard InChI is InChI=1S/C12H22BrN3O2/c1-10-12(13)11(15(2)14-10)9-16(5-7-17-3)6-8-18-4/h5-9H2,1-4H3. The van der Waals surface area contributed by atoms with Crippen LogP contribution < -0.4 is 0 Å². The first-order valence-corrected chi connectivity index (χ1v) is 6.77. The molecule has 6 heteroatoms. The van der Waals surface area contributed by atoms with Crippen molar-refractivity contribution in [3.8, 4) is 0 Å². The number of halogens is 1. The molecule has 5 nitrogen and oxygen atoms in total. The summed E-state index contributed by atoms with van der Waals surface area (Å²) >= 11 is 3.59. The minimum Gasteiger partial charge on any atom is -0.383 e. The number of nitrogens with zero attached hydrogens (tertiary/aromatic N) is 3. The van der Waals surface area contributed by atoms with Gasteiger partial charge in [0.1, 0.15) is 0 Å². The number of aromatic nitrogens is 2. The Bertz CT molecular complexity index is 360. The predicted molar refractivity (Wildman–Crippen MR) is 74.7 cm³/mol. The van der Waals surface area contributed by atoms with Crippen LogP contribution in [0.1, 0.15) is 11.4 Å². The summed E-state index contributed by atoms with van der Waals surface area (Å²) < 4.78 is 13.3. The molecule has 18 heavy (non-hydrogen) atoms. The van der Waals surface area contributed by atoms with E-state index in [1.54, 1.807) is 14.2 Å². The second kappa shape index (κ2) is 7.89. The molecular formula is C12H22BrN3O2. The largest absolute Gasteiger partial charge is 0.383 e. The van der Waals surface area contributed by atoms with Crippen molar-refractivity contribution in [1.29, 1.82) is 0 Å². The number of aryl methyl sites for hydroxylation is 2. The zero-order chi connectivity index (χ0) is 13.5. The van der Waals surface area contributed by atoms with Gasteiger partial charge in [0.2, 0.25) is 0 Å². The molecule has 0 radical (unpaired) electrons. The quantitative estimate of drug-likeness (QED) is 0.729. The fourth-order valence-corrected chi connectivity index (χ4v) is 2.24. The highest BCUT2D eigenvalue weighted by molar-refractivity contribution is 9.10. The molecule has 1 aromatic rings. The number of rotatable bonds is 8. The minimum atomic E-state index is 0.720.